The molecule has 3 rings (SSSR count). The molecule has 0 aliphatic rings. The molecule has 0 aromatic heterocycles. The van der Waals surface area contributed by atoms with E-state index in [2.05, 4.69) is 26.6 Å². The van der Waals surface area contributed by atoms with Gasteiger partial charge in [-0.25, -0.2) is 0 Å². The van der Waals surface area contributed by atoms with Crippen LogP contribution in [0, 0.1) is 25.2 Å². The molecule has 166 valence electrons. The van der Waals surface area contributed by atoms with Crippen LogP contribution in [0.15, 0.2) is 76.8 Å². The number of nitriles is 1. The molecule has 2 N–H and O–H groups in total. The SMILES string of the molecule is Cc1ccccc1NC(=O)COc1ccc(Br)cc1/C=C(/C#N)C(=O)Nc1ccccc1C. The molecule has 0 saturated carbocycles. The molecule has 0 heterocycles. The second-order valence-corrected chi connectivity index (χ2v) is 8.19. The molecule has 0 spiro atoms. The van der Waals surface area contributed by atoms with E-state index in [1.807, 2.05) is 56.3 Å². The monoisotopic (exact) mass is 503 g/mol. The minimum absolute atomic E-state index is 0.0921. The number of amides is 2. The number of rotatable bonds is 7. The summed E-state index contributed by atoms with van der Waals surface area (Å²) in [6, 6.07) is 21.8. The summed E-state index contributed by atoms with van der Waals surface area (Å²) < 4.78 is 6.45. The van der Waals surface area contributed by atoms with Crippen molar-refractivity contribution in [3.8, 4) is 11.8 Å². The summed E-state index contributed by atoms with van der Waals surface area (Å²) in [5, 5.41) is 15.1. The van der Waals surface area contributed by atoms with Crippen molar-refractivity contribution in [2.75, 3.05) is 17.2 Å². The molecule has 0 bridgehead atoms. The molecule has 7 heteroatoms. The maximum absolute atomic E-state index is 12.7. The van der Waals surface area contributed by atoms with E-state index in [1.165, 1.54) is 6.08 Å². The average molecular weight is 504 g/mol. The first-order valence-corrected chi connectivity index (χ1v) is 10.9. The van der Waals surface area contributed by atoms with Crippen molar-refractivity contribution < 1.29 is 14.3 Å². The predicted molar refractivity (Wildman–Crippen MR) is 133 cm³/mol. The third-order valence-corrected chi connectivity index (χ3v) is 5.30. The Morgan fingerprint density at radius 1 is 0.970 bits per heavy atom. The van der Waals surface area contributed by atoms with Crippen molar-refractivity contribution in [2.24, 2.45) is 0 Å². The number of halogens is 1. The van der Waals surface area contributed by atoms with Gasteiger partial charge in [0.15, 0.2) is 6.61 Å². The van der Waals surface area contributed by atoms with Crippen LogP contribution in [0.4, 0.5) is 11.4 Å². The highest BCUT2D eigenvalue weighted by Crippen LogP contribution is 2.26. The maximum Gasteiger partial charge on any atom is 0.266 e. The molecule has 3 aromatic rings. The van der Waals surface area contributed by atoms with Crippen molar-refractivity contribution in [1.29, 1.82) is 5.26 Å². The normalized spacial score (nSPS) is 10.8. The predicted octanol–water partition coefficient (Wildman–Crippen LogP) is 5.63. The van der Waals surface area contributed by atoms with E-state index in [9.17, 15) is 14.9 Å². The van der Waals surface area contributed by atoms with E-state index in [4.69, 9.17) is 4.74 Å². The van der Waals surface area contributed by atoms with Crippen LogP contribution in [0.1, 0.15) is 16.7 Å². The van der Waals surface area contributed by atoms with Gasteiger partial charge in [-0.05, 0) is 61.4 Å². The second-order valence-electron chi connectivity index (χ2n) is 7.27. The first-order chi connectivity index (χ1) is 15.9. The molecule has 0 fully saturated rings. The number of anilines is 2. The Labute approximate surface area is 201 Å². The lowest BCUT2D eigenvalue weighted by molar-refractivity contribution is -0.118. The van der Waals surface area contributed by atoms with E-state index in [1.54, 1.807) is 30.3 Å². The van der Waals surface area contributed by atoms with Crippen LogP contribution < -0.4 is 15.4 Å². The first kappa shape index (κ1) is 23.8. The highest BCUT2D eigenvalue weighted by atomic mass is 79.9. The first-order valence-electron chi connectivity index (χ1n) is 10.1. The molecule has 0 unspecified atom stereocenters. The number of carbonyl (C=O) groups excluding carboxylic acids is 2. The van der Waals surface area contributed by atoms with Gasteiger partial charge < -0.3 is 15.4 Å². The molecule has 0 atom stereocenters. The number of hydrogen-bond acceptors (Lipinski definition) is 4. The highest BCUT2D eigenvalue weighted by molar-refractivity contribution is 9.10. The quantitative estimate of drug-likeness (QED) is 0.322. The zero-order chi connectivity index (χ0) is 23.8. The van der Waals surface area contributed by atoms with E-state index in [0.717, 1.165) is 15.6 Å². The summed E-state index contributed by atoms with van der Waals surface area (Å²) in [6.45, 7) is 3.54. The molecule has 3 aromatic carbocycles. The highest BCUT2D eigenvalue weighted by Gasteiger charge is 2.14. The lowest BCUT2D eigenvalue weighted by Crippen LogP contribution is -2.21. The number of aryl methyl sites for hydroxylation is 2. The van der Waals surface area contributed by atoms with E-state index in [0.29, 0.717) is 22.7 Å². The maximum atomic E-state index is 12.7. The topological polar surface area (TPSA) is 91.2 Å². The van der Waals surface area contributed by atoms with Gasteiger partial charge in [0.2, 0.25) is 0 Å². The molecule has 0 aliphatic carbocycles. The third-order valence-electron chi connectivity index (χ3n) is 4.81. The van der Waals surface area contributed by atoms with Crippen LogP contribution in [0.3, 0.4) is 0 Å². The number of hydrogen-bond donors (Lipinski definition) is 2. The van der Waals surface area contributed by atoms with E-state index in [-0.39, 0.29) is 18.1 Å². The molecule has 33 heavy (non-hydrogen) atoms. The Morgan fingerprint density at radius 2 is 1.58 bits per heavy atom. The van der Waals surface area contributed by atoms with Crippen LogP contribution in [0.5, 0.6) is 5.75 Å². The molecule has 0 radical (unpaired) electrons. The fraction of sp³-hybridized carbons (Fsp3) is 0.115. The molecular formula is C26H22BrN3O3. The summed E-state index contributed by atoms with van der Waals surface area (Å²) >= 11 is 3.39. The van der Waals surface area contributed by atoms with Crippen molar-refractivity contribution in [1.82, 2.24) is 0 Å². The van der Waals surface area contributed by atoms with Gasteiger partial charge in [0.25, 0.3) is 11.8 Å². The van der Waals surface area contributed by atoms with Gasteiger partial charge >= 0.3 is 0 Å². The summed E-state index contributed by atoms with van der Waals surface area (Å²) in [4.78, 5) is 25.0. The van der Waals surface area contributed by atoms with Gasteiger partial charge in [0.1, 0.15) is 17.4 Å². The zero-order valence-electron chi connectivity index (χ0n) is 18.2. The summed E-state index contributed by atoms with van der Waals surface area (Å²) in [5.74, 6) is -0.482. The number of carbonyl (C=O) groups is 2. The van der Waals surface area contributed by atoms with Crippen molar-refractivity contribution in [3.05, 3.63) is 93.5 Å². The lowest BCUT2D eigenvalue weighted by Gasteiger charge is -2.12. The number of benzene rings is 3. The summed E-state index contributed by atoms with van der Waals surface area (Å²) in [5.41, 5.74) is 3.56. The Morgan fingerprint density at radius 3 is 2.18 bits per heavy atom. The number of ether oxygens (including phenoxy) is 1. The molecule has 0 saturated heterocycles. The van der Waals surface area contributed by atoms with E-state index < -0.39 is 5.91 Å². The second kappa shape index (κ2) is 11.1. The van der Waals surface area contributed by atoms with Crippen molar-refractivity contribution in [3.63, 3.8) is 0 Å². The van der Waals surface area contributed by atoms with Crippen LogP contribution in [0.25, 0.3) is 6.08 Å². The van der Waals surface area contributed by atoms with Crippen LogP contribution in [0.2, 0.25) is 0 Å². The standard InChI is InChI=1S/C26H22BrN3O3/c1-17-7-3-5-9-22(17)29-25(31)16-33-24-12-11-21(27)14-19(24)13-20(15-28)26(32)30-23-10-6-4-8-18(23)2/h3-14H,16H2,1-2H3,(H,29,31)(H,30,32)/b20-13-. The minimum Gasteiger partial charge on any atom is -0.483 e. The van der Waals surface area contributed by atoms with Gasteiger partial charge in [-0.1, -0.05) is 52.3 Å². The number of nitrogens with zero attached hydrogens (tertiary/aromatic N) is 1. The molecular weight excluding hydrogens is 482 g/mol. The molecule has 6 nitrogen and oxygen atoms in total. The number of nitrogens with one attached hydrogen (secondary N) is 2. The lowest BCUT2D eigenvalue weighted by atomic mass is 10.1. The largest absolute Gasteiger partial charge is 0.483 e. The Kier molecular flexibility index (Phi) is 8.01. The van der Waals surface area contributed by atoms with Gasteiger partial charge in [-0.3, -0.25) is 9.59 Å². The third kappa shape index (κ3) is 6.55. The smallest absolute Gasteiger partial charge is 0.266 e. The van der Waals surface area contributed by atoms with Gasteiger partial charge in [0, 0.05) is 21.4 Å². The van der Waals surface area contributed by atoms with Gasteiger partial charge in [-0.15, -0.1) is 0 Å². The Bertz CT molecular complexity index is 1260. The van der Waals surface area contributed by atoms with Gasteiger partial charge in [-0.2, -0.15) is 5.26 Å². The van der Waals surface area contributed by atoms with Crippen molar-refractivity contribution in [2.45, 2.75) is 13.8 Å². The zero-order valence-corrected chi connectivity index (χ0v) is 19.8. The fourth-order valence-electron chi connectivity index (χ4n) is 3.01. The van der Waals surface area contributed by atoms with Crippen LogP contribution >= 0.6 is 15.9 Å². The van der Waals surface area contributed by atoms with Crippen LogP contribution in [-0.2, 0) is 9.59 Å². The number of para-hydroxylation sites is 2. The van der Waals surface area contributed by atoms with E-state index >= 15 is 0 Å². The Hall–Kier alpha value is -3.89. The summed E-state index contributed by atoms with van der Waals surface area (Å²) in [6.07, 6.45) is 1.44. The van der Waals surface area contributed by atoms with Crippen molar-refractivity contribution >= 4 is 45.2 Å². The molecule has 2 amide bonds. The minimum atomic E-state index is -0.532. The summed E-state index contributed by atoms with van der Waals surface area (Å²) in [7, 11) is 0. The fourth-order valence-corrected chi connectivity index (χ4v) is 3.39. The Balaban J connectivity index is 1.76. The molecule has 0 aliphatic heterocycles. The van der Waals surface area contributed by atoms with Crippen LogP contribution in [-0.4, -0.2) is 18.4 Å². The average Bonchev–Trinajstić information content (AvgIpc) is 2.79. The van der Waals surface area contributed by atoms with Gasteiger partial charge in [0.05, 0.1) is 0 Å².